The molecule has 0 atom stereocenters. The van der Waals surface area contributed by atoms with Crippen molar-refractivity contribution in [3.8, 4) is 11.4 Å². The van der Waals surface area contributed by atoms with Crippen molar-refractivity contribution in [2.24, 2.45) is 7.05 Å². The molecule has 0 fully saturated rings. The van der Waals surface area contributed by atoms with Gasteiger partial charge in [0, 0.05) is 12.6 Å². The van der Waals surface area contributed by atoms with Crippen LogP contribution >= 0.6 is 0 Å². The van der Waals surface area contributed by atoms with Crippen molar-refractivity contribution in [3.05, 3.63) is 53.4 Å². The third-order valence-electron chi connectivity index (χ3n) is 3.46. The van der Waals surface area contributed by atoms with Gasteiger partial charge in [0.05, 0.1) is 11.4 Å². The van der Waals surface area contributed by atoms with Crippen molar-refractivity contribution >= 4 is 12.2 Å². The topological polar surface area (TPSA) is 17.8 Å². The summed E-state index contributed by atoms with van der Waals surface area (Å²) >= 11 is 0. The molecule has 19 heavy (non-hydrogen) atoms. The summed E-state index contributed by atoms with van der Waals surface area (Å²) in [6, 6.07) is 4.39. The second kappa shape index (κ2) is 4.88. The highest BCUT2D eigenvalue weighted by Gasteiger charge is 2.15. The molecule has 0 bridgehead atoms. The van der Waals surface area contributed by atoms with E-state index in [0.29, 0.717) is 0 Å². The summed E-state index contributed by atoms with van der Waals surface area (Å²) in [4.78, 5) is 4.69. The monoisotopic (exact) mass is 252 g/mol. The molecule has 1 aromatic carbocycles. The third kappa shape index (κ3) is 2.14. The number of nitrogens with zero attached hydrogens (tertiary/aromatic N) is 2. The standard InChI is InChI=1S/C17H20N2/c1-7-14-15(8-2)19(6)17(18-14)16-12(4)9-11(3)10-13(16)5/h7-10H,1-2H2,3-6H3. The molecule has 0 spiro atoms. The third-order valence-corrected chi connectivity index (χ3v) is 3.46. The molecule has 0 aliphatic rings. The van der Waals surface area contributed by atoms with Crippen LogP contribution in [0.25, 0.3) is 23.5 Å². The van der Waals surface area contributed by atoms with Crippen LogP contribution in [0.15, 0.2) is 25.3 Å². The van der Waals surface area contributed by atoms with Gasteiger partial charge in [-0.1, -0.05) is 30.9 Å². The first-order chi connectivity index (χ1) is 8.99. The summed E-state index contributed by atoms with van der Waals surface area (Å²) in [5.41, 5.74) is 6.86. The summed E-state index contributed by atoms with van der Waals surface area (Å²) < 4.78 is 2.08. The lowest BCUT2D eigenvalue weighted by Gasteiger charge is -2.11. The second-order valence-corrected chi connectivity index (χ2v) is 4.95. The SMILES string of the molecule is C=Cc1nc(-c2c(C)cc(C)cc2C)n(C)c1C=C. The first-order valence-electron chi connectivity index (χ1n) is 6.39. The van der Waals surface area contributed by atoms with Gasteiger partial charge in [-0.05, 0) is 44.1 Å². The van der Waals surface area contributed by atoms with E-state index >= 15 is 0 Å². The van der Waals surface area contributed by atoms with Gasteiger partial charge in [0.15, 0.2) is 0 Å². The number of aryl methyl sites for hydroxylation is 3. The maximum atomic E-state index is 4.69. The molecule has 1 aromatic heterocycles. The molecule has 0 aliphatic heterocycles. The lowest BCUT2D eigenvalue weighted by Crippen LogP contribution is -1.99. The highest BCUT2D eigenvalue weighted by molar-refractivity contribution is 5.71. The Kier molecular flexibility index (Phi) is 3.43. The number of rotatable bonds is 3. The Morgan fingerprint density at radius 2 is 1.63 bits per heavy atom. The van der Waals surface area contributed by atoms with Crippen LogP contribution in [0.5, 0.6) is 0 Å². The Bertz CT molecular complexity index is 637. The van der Waals surface area contributed by atoms with Crippen LogP contribution in [-0.4, -0.2) is 9.55 Å². The predicted octanol–water partition coefficient (Wildman–Crippen LogP) is 4.30. The van der Waals surface area contributed by atoms with E-state index < -0.39 is 0 Å². The van der Waals surface area contributed by atoms with E-state index in [4.69, 9.17) is 4.98 Å². The average molecular weight is 252 g/mol. The van der Waals surface area contributed by atoms with Crippen LogP contribution < -0.4 is 0 Å². The van der Waals surface area contributed by atoms with Crippen molar-refractivity contribution in [2.75, 3.05) is 0 Å². The highest BCUT2D eigenvalue weighted by atomic mass is 15.1. The van der Waals surface area contributed by atoms with E-state index in [0.717, 1.165) is 17.2 Å². The Balaban J connectivity index is 2.76. The molecule has 0 N–H and O–H groups in total. The quantitative estimate of drug-likeness (QED) is 0.796. The molecule has 2 nitrogen and oxygen atoms in total. The van der Waals surface area contributed by atoms with Gasteiger partial charge in [-0.15, -0.1) is 0 Å². The fourth-order valence-corrected chi connectivity index (χ4v) is 2.68. The van der Waals surface area contributed by atoms with Gasteiger partial charge in [-0.2, -0.15) is 0 Å². The molecule has 0 saturated carbocycles. The fourth-order valence-electron chi connectivity index (χ4n) is 2.68. The normalized spacial score (nSPS) is 10.5. The molecule has 2 aromatic rings. The smallest absolute Gasteiger partial charge is 0.141 e. The van der Waals surface area contributed by atoms with Crippen molar-refractivity contribution < 1.29 is 0 Å². The number of hydrogen-bond donors (Lipinski definition) is 0. The Morgan fingerprint density at radius 1 is 1.05 bits per heavy atom. The summed E-state index contributed by atoms with van der Waals surface area (Å²) in [5, 5.41) is 0. The predicted molar refractivity (Wildman–Crippen MR) is 83.0 cm³/mol. The Hall–Kier alpha value is -2.09. The maximum Gasteiger partial charge on any atom is 0.141 e. The zero-order valence-corrected chi connectivity index (χ0v) is 12.1. The van der Waals surface area contributed by atoms with Gasteiger partial charge < -0.3 is 4.57 Å². The van der Waals surface area contributed by atoms with Gasteiger partial charge in [-0.25, -0.2) is 4.98 Å². The lowest BCUT2D eigenvalue weighted by atomic mass is 9.99. The first kappa shape index (κ1) is 13.3. The molecule has 2 rings (SSSR count). The molecular formula is C17H20N2. The highest BCUT2D eigenvalue weighted by Crippen LogP contribution is 2.29. The fraction of sp³-hybridized carbons (Fsp3) is 0.235. The Morgan fingerprint density at radius 3 is 2.05 bits per heavy atom. The van der Waals surface area contributed by atoms with Crippen molar-refractivity contribution in [2.45, 2.75) is 20.8 Å². The van der Waals surface area contributed by atoms with Crippen LogP contribution in [0.3, 0.4) is 0 Å². The van der Waals surface area contributed by atoms with Gasteiger partial charge in [0.2, 0.25) is 0 Å². The van der Waals surface area contributed by atoms with Crippen molar-refractivity contribution in [3.63, 3.8) is 0 Å². The van der Waals surface area contributed by atoms with Gasteiger partial charge in [0.25, 0.3) is 0 Å². The molecular weight excluding hydrogens is 232 g/mol. The van der Waals surface area contributed by atoms with Crippen LogP contribution in [0.2, 0.25) is 0 Å². The van der Waals surface area contributed by atoms with Gasteiger partial charge in [0.1, 0.15) is 5.82 Å². The van der Waals surface area contributed by atoms with Crippen LogP contribution in [-0.2, 0) is 7.05 Å². The molecule has 2 heteroatoms. The summed E-state index contributed by atoms with van der Waals surface area (Å²) in [5.74, 6) is 0.972. The molecule has 0 radical (unpaired) electrons. The minimum Gasteiger partial charge on any atom is -0.327 e. The zero-order valence-electron chi connectivity index (χ0n) is 12.1. The number of hydrogen-bond acceptors (Lipinski definition) is 1. The maximum absolute atomic E-state index is 4.69. The molecule has 0 amide bonds. The largest absolute Gasteiger partial charge is 0.327 e. The van der Waals surface area contributed by atoms with Gasteiger partial charge >= 0.3 is 0 Å². The second-order valence-electron chi connectivity index (χ2n) is 4.95. The lowest BCUT2D eigenvalue weighted by molar-refractivity contribution is 0.910. The van der Waals surface area contributed by atoms with E-state index in [1.54, 1.807) is 6.08 Å². The van der Waals surface area contributed by atoms with Crippen LogP contribution in [0.4, 0.5) is 0 Å². The van der Waals surface area contributed by atoms with E-state index in [-0.39, 0.29) is 0 Å². The van der Waals surface area contributed by atoms with E-state index in [1.807, 2.05) is 13.1 Å². The summed E-state index contributed by atoms with van der Waals surface area (Å²) in [7, 11) is 2.02. The minimum atomic E-state index is 0.881. The molecule has 1 heterocycles. The van der Waals surface area contributed by atoms with Crippen molar-refractivity contribution in [1.29, 1.82) is 0 Å². The molecule has 0 saturated heterocycles. The number of imidazole rings is 1. The molecule has 98 valence electrons. The van der Waals surface area contributed by atoms with Gasteiger partial charge in [-0.3, -0.25) is 0 Å². The van der Waals surface area contributed by atoms with E-state index in [2.05, 4.69) is 50.6 Å². The average Bonchev–Trinajstić information content (AvgIpc) is 2.65. The first-order valence-corrected chi connectivity index (χ1v) is 6.39. The zero-order chi connectivity index (χ0) is 14.2. The summed E-state index contributed by atoms with van der Waals surface area (Å²) in [6.45, 7) is 14.1. The molecule has 0 unspecified atom stereocenters. The number of aromatic nitrogens is 2. The molecule has 0 aliphatic carbocycles. The van der Waals surface area contributed by atoms with E-state index in [1.165, 1.54) is 22.3 Å². The summed E-state index contributed by atoms with van der Waals surface area (Å²) in [6.07, 6.45) is 3.60. The van der Waals surface area contributed by atoms with Crippen molar-refractivity contribution in [1.82, 2.24) is 9.55 Å². The Labute approximate surface area is 115 Å². The van der Waals surface area contributed by atoms with Crippen LogP contribution in [0.1, 0.15) is 28.1 Å². The van der Waals surface area contributed by atoms with E-state index in [9.17, 15) is 0 Å². The van der Waals surface area contributed by atoms with Crippen LogP contribution in [0, 0.1) is 20.8 Å². The minimum absolute atomic E-state index is 0.881. The number of benzene rings is 1.